The fourth-order valence-electron chi connectivity index (χ4n) is 0.859. The Kier molecular flexibility index (Phi) is 3.88. The molecule has 1 N–H and O–H groups in total. The summed E-state index contributed by atoms with van der Waals surface area (Å²) >= 11 is 11.4. The van der Waals surface area contributed by atoms with E-state index in [2.05, 4.69) is 0 Å². The van der Waals surface area contributed by atoms with E-state index in [1.54, 1.807) is 12.1 Å². The van der Waals surface area contributed by atoms with Crippen LogP contribution >= 0.6 is 23.2 Å². The van der Waals surface area contributed by atoms with Gasteiger partial charge in [-0.25, -0.2) is 4.79 Å². The molecule has 1 rings (SSSR count). The molecule has 15 heavy (non-hydrogen) atoms. The number of benzene rings is 1. The van der Waals surface area contributed by atoms with E-state index in [1.807, 2.05) is 0 Å². The number of ketones is 1. The second kappa shape index (κ2) is 4.96. The van der Waals surface area contributed by atoms with Crippen LogP contribution in [0.1, 0.15) is 5.56 Å². The summed E-state index contributed by atoms with van der Waals surface area (Å²) < 4.78 is 0. The van der Waals surface area contributed by atoms with Gasteiger partial charge in [0.15, 0.2) is 0 Å². The highest BCUT2D eigenvalue weighted by atomic mass is 35.5. The molecule has 1 aromatic carbocycles. The molecule has 5 heteroatoms. The Bertz CT molecular complexity index is 438. The lowest BCUT2D eigenvalue weighted by Crippen LogP contribution is -2.08. The highest BCUT2D eigenvalue weighted by Crippen LogP contribution is 2.22. The summed E-state index contributed by atoms with van der Waals surface area (Å²) in [6.45, 7) is 0. The lowest BCUT2D eigenvalue weighted by molar-refractivity contribution is -0.146. The van der Waals surface area contributed by atoms with Crippen molar-refractivity contribution in [2.24, 2.45) is 0 Å². The van der Waals surface area contributed by atoms with Crippen LogP contribution in [0.2, 0.25) is 10.0 Å². The number of halogens is 2. The lowest BCUT2D eigenvalue weighted by atomic mass is 10.2. The summed E-state index contributed by atoms with van der Waals surface area (Å²) in [6, 6.07) is 4.73. The molecule has 78 valence electrons. The highest BCUT2D eigenvalue weighted by molar-refractivity contribution is 6.42. The molecule has 0 spiro atoms. The minimum Gasteiger partial charge on any atom is -0.475 e. The normalized spacial score (nSPS) is 10.5. The van der Waals surface area contributed by atoms with Crippen LogP contribution in [-0.4, -0.2) is 16.9 Å². The molecule has 0 aliphatic carbocycles. The van der Waals surface area contributed by atoms with Crippen LogP contribution in [-0.2, 0) is 9.59 Å². The average Bonchev–Trinajstić information content (AvgIpc) is 2.19. The van der Waals surface area contributed by atoms with Crippen molar-refractivity contribution in [1.82, 2.24) is 0 Å². The smallest absolute Gasteiger partial charge is 0.376 e. The second-order valence-electron chi connectivity index (χ2n) is 2.68. The minimum absolute atomic E-state index is 0.349. The van der Waals surface area contributed by atoms with Gasteiger partial charge in [-0.3, -0.25) is 4.79 Å². The second-order valence-corrected chi connectivity index (χ2v) is 3.49. The Morgan fingerprint density at radius 3 is 2.40 bits per heavy atom. The first-order valence-electron chi connectivity index (χ1n) is 3.91. The van der Waals surface area contributed by atoms with Crippen molar-refractivity contribution < 1.29 is 14.7 Å². The number of rotatable bonds is 3. The molecule has 0 fully saturated rings. The van der Waals surface area contributed by atoms with Gasteiger partial charge in [-0.1, -0.05) is 35.3 Å². The number of hydrogen-bond acceptors (Lipinski definition) is 2. The standard InChI is InChI=1S/C10H6Cl2O3/c11-7-3-1-6(5-8(7)12)2-4-9(13)10(14)15/h1-5H,(H,14,15)/b4-2-. The summed E-state index contributed by atoms with van der Waals surface area (Å²) in [5.41, 5.74) is 0.610. The summed E-state index contributed by atoms with van der Waals surface area (Å²) in [5.74, 6) is -2.48. The number of aliphatic carboxylic acids is 1. The van der Waals surface area contributed by atoms with Crippen molar-refractivity contribution in [2.75, 3.05) is 0 Å². The predicted molar refractivity (Wildman–Crippen MR) is 58.1 cm³/mol. The number of carboxylic acids is 1. The van der Waals surface area contributed by atoms with Crippen LogP contribution < -0.4 is 0 Å². The van der Waals surface area contributed by atoms with Gasteiger partial charge in [0.2, 0.25) is 0 Å². The molecule has 0 unspecified atom stereocenters. The molecule has 3 nitrogen and oxygen atoms in total. The van der Waals surface area contributed by atoms with Crippen LogP contribution in [0.3, 0.4) is 0 Å². The van der Waals surface area contributed by atoms with Crippen LogP contribution in [0.25, 0.3) is 6.08 Å². The van der Waals surface area contributed by atoms with Crippen LogP contribution in [0.4, 0.5) is 0 Å². The zero-order valence-electron chi connectivity index (χ0n) is 7.41. The highest BCUT2D eigenvalue weighted by Gasteiger charge is 2.05. The van der Waals surface area contributed by atoms with E-state index in [-0.39, 0.29) is 0 Å². The molecule has 1 aromatic rings. The Morgan fingerprint density at radius 2 is 1.87 bits per heavy atom. The molecule has 0 radical (unpaired) electrons. The van der Waals surface area contributed by atoms with Crippen molar-refractivity contribution in [3.8, 4) is 0 Å². The van der Waals surface area contributed by atoms with Gasteiger partial charge in [0.1, 0.15) is 0 Å². The number of carboxylic acid groups (broad SMARTS) is 1. The summed E-state index contributed by atoms with van der Waals surface area (Å²) in [6.07, 6.45) is 2.32. The molecule has 0 aliphatic heterocycles. The predicted octanol–water partition coefficient (Wildman–Crippen LogP) is 2.66. The first kappa shape index (κ1) is 11.8. The largest absolute Gasteiger partial charge is 0.475 e. The zero-order chi connectivity index (χ0) is 11.4. The fourth-order valence-corrected chi connectivity index (χ4v) is 1.17. The topological polar surface area (TPSA) is 54.4 Å². The van der Waals surface area contributed by atoms with E-state index in [0.717, 1.165) is 6.08 Å². The Hall–Kier alpha value is -1.32. The average molecular weight is 245 g/mol. The monoisotopic (exact) mass is 244 g/mol. The van der Waals surface area contributed by atoms with Gasteiger partial charge in [0.05, 0.1) is 10.0 Å². The summed E-state index contributed by atoms with van der Waals surface area (Å²) in [5, 5.41) is 9.06. The fraction of sp³-hybridized carbons (Fsp3) is 0. The van der Waals surface area contributed by atoms with Crippen molar-refractivity contribution in [1.29, 1.82) is 0 Å². The molecule has 0 heterocycles. The molecule has 0 bridgehead atoms. The van der Waals surface area contributed by atoms with Crippen LogP contribution in [0.5, 0.6) is 0 Å². The number of carbonyl (C=O) groups is 2. The SMILES string of the molecule is O=C(O)C(=O)/C=C\c1ccc(Cl)c(Cl)c1. The van der Waals surface area contributed by atoms with Crippen molar-refractivity contribution in [2.45, 2.75) is 0 Å². The molecule has 0 aromatic heterocycles. The van der Waals surface area contributed by atoms with Gasteiger partial charge in [0.25, 0.3) is 5.78 Å². The van der Waals surface area contributed by atoms with E-state index in [9.17, 15) is 9.59 Å². The minimum atomic E-state index is -1.49. The van der Waals surface area contributed by atoms with Gasteiger partial charge in [0, 0.05) is 0 Å². The number of hydrogen-bond donors (Lipinski definition) is 1. The molecule has 0 aliphatic rings. The first-order valence-corrected chi connectivity index (χ1v) is 4.66. The molecular weight excluding hydrogens is 239 g/mol. The number of carbonyl (C=O) groups excluding carboxylic acids is 1. The van der Waals surface area contributed by atoms with Gasteiger partial charge >= 0.3 is 5.97 Å². The third-order valence-corrected chi connectivity index (χ3v) is 2.32. The molecule has 0 saturated carbocycles. The molecule has 0 amide bonds. The first-order chi connectivity index (χ1) is 7.00. The Morgan fingerprint density at radius 1 is 1.20 bits per heavy atom. The van der Waals surface area contributed by atoms with Crippen molar-refractivity contribution in [3.63, 3.8) is 0 Å². The van der Waals surface area contributed by atoms with E-state index in [1.165, 1.54) is 12.1 Å². The zero-order valence-corrected chi connectivity index (χ0v) is 8.92. The van der Waals surface area contributed by atoms with Gasteiger partial charge in [-0.15, -0.1) is 0 Å². The van der Waals surface area contributed by atoms with E-state index in [0.29, 0.717) is 15.6 Å². The van der Waals surface area contributed by atoms with E-state index < -0.39 is 11.8 Å². The Labute approximate surface area is 95.9 Å². The summed E-state index contributed by atoms with van der Waals surface area (Å²) in [4.78, 5) is 20.9. The van der Waals surface area contributed by atoms with E-state index >= 15 is 0 Å². The molecule has 0 saturated heterocycles. The van der Waals surface area contributed by atoms with Gasteiger partial charge in [-0.2, -0.15) is 0 Å². The maximum Gasteiger partial charge on any atom is 0.376 e. The van der Waals surface area contributed by atoms with E-state index in [4.69, 9.17) is 28.3 Å². The van der Waals surface area contributed by atoms with Crippen LogP contribution in [0.15, 0.2) is 24.3 Å². The quantitative estimate of drug-likeness (QED) is 0.657. The molecule has 0 atom stereocenters. The third-order valence-electron chi connectivity index (χ3n) is 1.58. The van der Waals surface area contributed by atoms with Gasteiger partial charge < -0.3 is 5.11 Å². The maximum absolute atomic E-state index is 10.7. The third kappa shape index (κ3) is 3.38. The van der Waals surface area contributed by atoms with Crippen molar-refractivity contribution in [3.05, 3.63) is 39.9 Å². The van der Waals surface area contributed by atoms with Crippen LogP contribution in [0, 0.1) is 0 Å². The summed E-state index contributed by atoms with van der Waals surface area (Å²) in [7, 11) is 0. The van der Waals surface area contributed by atoms with Gasteiger partial charge in [-0.05, 0) is 23.8 Å². The maximum atomic E-state index is 10.7. The molecular formula is C10H6Cl2O3. The lowest BCUT2D eigenvalue weighted by Gasteiger charge is -1.96. The van der Waals surface area contributed by atoms with Crippen molar-refractivity contribution >= 4 is 41.0 Å². The Balaban J connectivity index is 2.86.